The van der Waals surface area contributed by atoms with Crippen LogP contribution in [0.5, 0.6) is 0 Å². The maximum absolute atomic E-state index is 11.5. The summed E-state index contributed by atoms with van der Waals surface area (Å²) in [5, 5.41) is 6.65. The van der Waals surface area contributed by atoms with E-state index in [0.717, 1.165) is 12.8 Å². The normalized spacial score (nSPS) is 10.1. The maximum atomic E-state index is 11.5. The zero-order chi connectivity index (χ0) is 14.4. The molecule has 0 heterocycles. The molecule has 0 unspecified atom stereocenters. The number of hydrogen-bond acceptors (Lipinski definition) is 2. The molecule has 1 rings (SSSR count). The molecule has 19 heavy (non-hydrogen) atoms. The van der Waals surface area contributed by atoms with Gasteiger partial charge in [-0.1, -0.05) is 48.1 Å². The number of carbonyl (C=O) groups is 1. The van der Waals surface area contributed by atoms with Gasteiger partial charge < -0.3 is 10.6 Å². The Hall–Kier alpha value is -0.550. The number of rotatable bonds is 4. The zero-order valence-corrected chi connectivity index (χ0v) is 13.3. The van der Waals surface area contributed by atoms with Crippen LogP contribution < -0.4 is 10.6 Å². The molecule has 7 heteroatoms. The van der Waals surface area contributed by atoms with Crippen LogP contribution in [0.25, 0.3) is 0 Å². The highest BCUT2D eigenvalue weighted by Gasteiger charge is 2.09. The van der Waals surface area contributed by atoms with E-state index in [1.807, 2.05) is 6.92 Å². The topological polar surface area (TPSA) is 41.1 Å². The lowest BCUT2D eigenvalue weighted by Crippen LogP contribution is -2.33. The van der Waals surface area contributed by atoms with E-state index in [1.54, 1.807) is 6.07 Å². The molecule has 0 spiro atoms. The van der Waals surface area contributed by atoms with Crippen molar-refractivity contribution >= 4 is 63.7 Å². The largest absolute Gasteiger partial charge is 0.331 e. The van der Waals surface area contributed by atoms with Crippen LogP contribution in [0.2, 0.25) is 15.1 Å². The lowest BCUT2D eigenvalue weighted by Gasteiger charge is -2.11. The monoisotopic (exact) mass is 338 g/mol. The van der Waals surface area contributed by atoms with E-state index in [9.17, 15) is 4.79 Å². The van der Waals surface area contributed by atoms with Gasteiger partial charge in [0.1, 0.15) is 0 Å². The minimum absolute atomic E-state index is 0.129. The summed E-state index contributed by atoms with van der Waals surface area (Å²) in [7, 11) is 0. The highest BCUT2D eigenvalue weighted by molar-refractivity contribution is 7.80. The second-order valence-electron chi connectivity index (χ2n) is 3.85. The molecule has 0 bridgehead atoms. The van der Waals surface area contributed by atoms with Gasteiger partial charge in [-0.05, 0) is 30.8 Å². The second kappa shape index (κ2) is 7.90. The molecule has 0 saturated carbocycles. The van der Waals surface area contributed by atoms with E-state index < -0.39 is 0 Å². The smallest absolute Gasteiger partial charge is 0.226 e. The van der Waals surface area contributed by atoms with Crippen molar-refractivity contribution in [2.45, 2.75) is 26.2 Å². The summed E-state index contributed by atoms with van der Waals surface area (Å²) in [5.74, 6) is -0.129. The van der Waals surface area contributed by atoms with Crippen LogP contribution in [0, 0.1) is 0 Å². The summed E-state index contributed by atoms with van der Waals surface area (Å²) >= 11 is 22.7. The molecular formula is C12H13Cl3N2OS. The first-order valence-electron chi connectivity index (χ1n) is 5.69. The minimum atomic E-state index is -0.129. The van der Waals surface area contributed by atoms with Gasteiger partial charge in [-0.15, -0.1) is 0 Å². The molecule has 104 valence electrons. The van der Waals surface area contributed by atoms with Crippen molar-refractivity contribution in [2.24, 2.45) is 0 Å². The van der Waals surface area contributed by atoms with Gasteiger partial charge in [0, 0.05) is 6.42 Å². The molecule has 1 amide bonds. The van der Waals surface area contributed by atoms with Crippen LogP contribution in [-0.4, -0.2) is 11.0 Å². The molecule has 1 aromatic rings. The number of thiocarbonyl (C=S) groups is 1. The van der Waals surface area contributed by atoms with Crippen molar-refractivity contribution in [1.82, 2.24) is 5.32 Å². The van der Waals surface area contributed by atoms with Crippen molar-refractivity contribution in [1.29, 1.82) is 0 Å². The van der Waals surface area contributed by atoms with Crippen LogP contribution >= 0.6 is 47.0 Å². The SMILES string of the molecule is CCCCC(=O)NC(=S)Nc1cc(Cl)c(Cl)cc1Cl. The van der Waals surface area contributed by atoms with Crippen LogP contribution in [-0.2, 0) is 4.79 Å². The van der Waals surface area contributed by atoms with Gasteiger partial charge in [0.15, 0.2) is 5.11 Å². The quantitative estimate of drug-likeness (QED) is 0.619. The van der Waals surface area contributed by atoms with Crippen LogP contribution in [0.15, 0.2) is 12.1 Å². The van der Waals surface area contributed by atoms with Gasteiger partial charge in [-0.2, -0.15) is 0 Å². The lowest BCUT2D eigenvalue weighted by molar-refractivity contribution is -0.119. The van der Waals surface area contributed by atoms with E-state index in [1.165, 1.54) is 6.07 Å². The Labute approximate surface area is 132 Å². The summed E-state index contributed by atoms with van der Waals surface area (Å²) in [4.78, 5) is 11.5. The lowest BCUT2D eigenvalue weighted by atomic mass is 10.2. The predicted octanol–water partition coefficient (Wildman–Crippen LogP) is 4.65. The number of unbranched alkanes of at least 4 members (excludes halogenated alkanes) is 1. The number of hydrogen-bond donors (Lipinski definition) is 2. The highest BCUT2D eigenvalue weighted by atomic mass is 35.5. The first-order valence-corrected chi connectivity index (χ1v) is 7.23. The standard InChI is InChI=1S/C12H13Cl3N2OS/c1-2-3-4-11(18)17-12(19)16-10-6-8(14)7(13)5-9(10)15/h5-6H,2-4H2,1H3,(H2,16,17,18,19). The van der Waals surface area contributed by atoms with Crippen molar-refractivity contribution in [3.63, 3.8) is 0 Å². The number of nitrogens with one attached hydrogen (secondary N) is 2. The minimum Gasteiger partial charge on any atom is -0.331 e. The molecule has 0 aliphatic heterocycles. The second-order valence-corrected chi connectivity index (χ2v) is 5.48. The summed E-state index contributed by atoms with van der Waals surface area (Å²) in [5.41, 5.74) is 0.497. The van der Waals surface area contributed by atoms with Gasteiger partial charge >= 0.3 is 0 Å². The van der Waals surface area contributed by atoms with E-state index in [-0.39, 0.29) is 11.0 Å². The van der Waals surface area contributed by atoms with Gasteiger partial charge in [-0.25, -0.2) is 0 Å². The number of halogens is 3. The fraction of sp³-hybridized carbons (Fsp3) is 0.333. The Balaban J connectivity index is 2.62. The van der Waals surface area contributed by atoms with Crippen molar-refractivity contribution in [3.05, 3.63) is 27.2 Å². The Morgan fingerprint density at radius 1 is 1.21 bits per heavy atom. The average Bonchev–Trinajstić information content (AvgIpc) is 2.33. The average molecular weight is 340 g/mol. The van der Waals surface area contributed by atoms with Crippen molar-refractivity contribution in [2.75, 3.05) is 5.32 Å². The van der Waals surface area contributed by atoms with Crippen molar-refractivity contribution in [3.8, 4) is 0 Å². The summed E-state index contributed by atoms with van der Waals surface area (Å²) < 4.78 is 0. The Morgan fingerprint density at radius 2 is 1.84 bits per heavy atom. The number of amides is 1. The molecular weight excluding hydrogens is 327 g/mol. The number of carbonyl (C=O) groups excluding carboxylic acids is 1. The molecule has 1 aromatic carbocycles. The third-order valence-electron chi connectivity index (χ3n) is 2.27. The first-order chi connectivity index (χ1) is 8.93. The van der Waals surface area contributed by atoms with E-state index in [2.05, 4.69) is 10.6 Å². The Bertz CT molecular complexity index is 494. The molecule has 3 nitrogen and oxygen atoms in total. The molecule has 0 atom stereocenters. The zero-order valence-electron chi connectivity index (χ0n) is 10.2. The van der Waals surface area contributed by atoms with Crippen LogP contribution in [0.4, 0.5) is 5.69 Å². The highest BCUT2D eigenvalue weighted by Crippen LogP contribution is 2.32. The molecule has 2 N–H and O–H groups in total. The molecule has 0 saturated heterocycles. The fourth-order valence-electron chi connectivity index (χ4n) is 1.30. The summed E-state index contributed by atoms with van der Waals surface area (Å²) in [6, 6.07) is 3.06. The molecule has 0 fully saturated rings. The predicted molar refractivity (Wildman–Crippen MR) is 85.4 cm³/mol. The van der Waals surface area contributed by atoms with Gasteiger partial charge in [-0.3, -0.25) is 4.79 Å². The van der Waals surface area contributed by atoms with E-state index in [0.29, 0.717) is 27.2 Å². The molecule has 0 aromatic heterocycles. The Kier molecular flexibility index (Phi) is 6.86. The van der Waals surface area contributed by atoms with E-state index in [4.69, 9.17) is 47.0 Å². The van der Waals surface area contributed by atoms with Crippen LogP contribution in [0.1, 0.15) is 26.2 Å². The molecule has 0 aliphatic rings. The fourth-order valence-corrected chi connectivity index (χ4v) is 2.12. The Morgan fingerprint density at radius 3 is 2.47 bits per heavy atom. The third-order valence-corrected chi connectivity index (χ3v) is 3.51. The van der Waals surface area contributed by atoms with Gasteiger partial charge in [0.25, 0.3) is 0 Å². The van der Waals surface area contributed by atoms with Crippen LogP contribution in [0.3, 0.4) is 0 Å². The van der Waals surface area contributed by atoms with E-state index >= 15 is 0 Å². The summed E-state index contributed by atoms with van der Waals surface area (Å²) in [6.45, 7) is 2.01. The molecule has 0 aliphatic carbocycles. The number of anilines is 1. The van der Waals surface area contributed by atoms with Gasteiger partial charge in [0.05, 0.1) is 20.8 Å². The molecule has 0 radical (unpaired) electrons. The van der Waals surface area contributed by atoms with Crippen molar-refractivity contribution < 1.29 is 4.79 Å². The third kappa shape index (κ3) is 5.53. The van der Waals surface area contributed by atoms with Gasteiger partial charge in [0.2, 0.25) is 5.91 Å². The maximum Gasteiger partial charge on any atom is 0.226 e. The first kappa shape index (κ1) is 16.5. The summed E-state index contributed by atoms with van der Waals surface area (Å²) in [6.07, 6.45) is 2.21. The number of benzene rings is 1.